The Morgan fingerprint density at radius 3 is 2.61 bits per heavy atom. The molecule has 1 fully saturated rings. The van der Waals surface area contributed by atoms with E-state index >= 15 is 0 Å². The Kier molecular flexibility index (Phi) is 5.38. The lowest BCUT2D eigenvalue weighted by molar-refractivity contribution is -0.385. The number of nitro groups is 1. The van der Waals surface area contributed by atoms with Gasteiger partial charge in [0.2, 0.25) is 10.0 Å². The smallest absolute Gasteiger partial charge is 0.271 e. The second kappa shape index (κ2) is 6.94. The van der Waals surface area contributed by atoms with Gasteiger partial charge in [0.25, 0.3) is 5.69 Å². The van der Waals surface area contributed by atoms with E-state index in [4.69, 9.17) is 0 Å². The molecule has 1 aliphatic heterocycles. The zero-order valence-corrected chi connectivity index (χ0v) is 14.5. The summed E-state index contributed by atoms with van der Waals surface area (Å²) in [6, 6.07) is 2.50. The van der Waals surface area contributed by atoms with E-state index in [0.29, 0.717) is 30.6 Å². The second-order valence-corrected chi connectivity index (χ2v) is 7.76. The number of aryl methyl sites for hydroxylation is 1. The molecular formula is C15H23N3O4S. The fourth-order valence-electron chi connectivity index (χ4n) is 2.91. The number of nitro benzene ring substituents is 1. The van der Waals surface area contributed by atoms with Crippen LogP contribution in [0.25, 0.3) is 0 Å². The van der Waals surface area contributed by atoms with Crippen molar-refractivity contribution in [2.45, 2.75) is 44.6 Å². The lowest BCUT2D eigenvalue weighted by Gasteiger charge is -2.28. The second-order valence-electron chi connectivity index (χ2n) is 5.91. The molecule has 0 aliphatic carbocycles. The summed E-state index contributed by atoms with van der Waals surface area (Å²) in [5, 5.41) is 14.3. The average Bonchev–Trinajstić information content (AvgIpc) is 3.00. The molecule has 0 amide bonds. The van der Waals surface area contributed by atoms with Gasteiger partial charge in [0.05, 0.1) is 9.82 Å². The highest BCUT2D eigenvalue weighted by atomic mass is 32.2. The molecule has 2 rings (SSSR count). The van der Waals surface area contributed by atoms with Crippen LogP contribution < -0.4 is 5.32 Å². The zero-order valence-electron chi connectivity index (χ0n) is 13.7. The molecule has 1 aromatic carbocycles. The van der Waals surface area contributed by atoms with Gasteiger partial charge in [-0.3, -0.25) is 10.1 Å². The van der Waals surface area contributed by atoms with Gasteiger partial charge in [0.1, 0.15) is 0 Å². The summed E-state index contributed by atoms with van der Waals surface area (Å²) in [7, 11) is -3.77. The summed E-state index contributed by atoms with van der Waals surface area (Å²) in [5.41, 5.74) is 0.995. The number of hydrogen-bond acceptors (Lipinski definition) is 5. The van der Waals surface area contributed by atoms with E-state index in [1.165, 1.54) is 16.4 Å². The normalized spacial score (nSPS) is 18.5. The molecule has 1 atom stereocenters. The van der Waals surface area contributed by atoms with Crippen LogP contribution in [-0.4, -0.2) is 43.3 Å². The average molecular weight is 341 g/mol. The van der Waals surface area contributed by atoms with E-state index in [0.717, 1.165) is 13.0 Å². The lowest BCUT2D eigenvalue weighted by Crippen LogP contribution is -2.42. The van der Waals surface area contributed by atoms with Crippen LogP contribution in [0.3, 0.4) is 0 Å². The molecule has 0 spiro atoms. The maximum atomic E-state index is 13.1. The van der Waals surface area contributed by atoms with Crippen molar-refractivity contribution >= 4 is 15.7 Å². The van der Waals surface area contributed by atoms with Crippen LogP contribution in [0.4, 0.5) is 5.69 Å². The van der Waals surface area contributed by atoms with Crippen LogP contribution >= 0.6 is 0 Å². The van der Waals surface area contributed by atoms with Crippen molar-refractivity contribution in [3.63, 3.8) is 0 Å². The molecular weight excluding hydrogens is 318 g/mol. The predicted octanol–water partition coefficient (Wildman–Crippen LogP) is 1.97. The van der Waals surface area contributed by atoms with Gasteiger partial charge in [-0.25, -0.2) is 8.42 Å². The molecule has 128 valence electrons. The first-order valence-electron chi connectivity index (χ1n) is 7.77. The topological polar surface area (TPSA) is 92.6 Å². The third kappa shape index (κ3) is 3.54. The van der Waals surface area contributed by atoms with Gasteiger partial charge in [-0.1, -0.05) is 6.92 Å². The molecule has 1 aromatic rings. The van der Waals surface area contributed by atoms with Crippen molar-refractivity contribution in [1.82, 2.24) is 9.62 Å². The van der Waals surface area contributed by atoms with Crippen molar-refractivity contribution in [2.75, 3.05) is 19.6 Å². The van der Waals surface area contributed by atoms with Gasteiger partial charge in [-0.2, -0.15) is 4.31 Å². The van der Waals surface area contributed by atoms with Gasteiger partial charge in [-0.15, -0.1) is 0 Å². The number of sulfonamides is 1. The lowest BCUT2D eigenvalue weighted by atomic mass is 10.1. The first kappa shape index (κ1) is 17.8. The minimum Gasteiger partial charge on any atom is -0.315 e. The number of benzene rings is 1. The van der Waals surface area contributed by atoms with Gasteiger partial charge in [0, 0.05) is 31.3 Å². The third-order valence-corrected chi connectivity index (χ3v) is 6.37. The molecule has 1 aliphatic rings. The largest absolute Gasteiger partial charge is 0.315 e. The Balaban J connectivity index is 2.54. The maximum Gasteiger partial charge on any atom is 0.271 e. The molecule has 1 N–H and O–H groups in total. The van der Waals surface area contributed by atoms with Gasteiger partial charge in [-0.05, 0) is 44.4 Å². The fourth-order valence-corrected chi connectivity index (χ4v) is 4.98. The first-order chi connectivity index (χ1) is 10.8. The molecule has 8 heteroatoms. The summed E-state index contributed by atoms with van der Waals surface area (Å²) in [4.78, 5) is 10.6. The van der Waals surface area contributed by atoms with E-state index in [1.807, 2.05) is 6.92 Å². The van der Waals surface area contributed by atoms with Crippen molar-refractivity contribution in [3.05, 3.63) is 33.4 Å². The van der Waals surface area contributed by atoms with Crippen molar-refractivity contribution in [2.24, 2.45) is 0 Å². The Labute approximate surface area is 136 Å². The van der Waals surface area contributed by atoms with E-state index in [-0.39, 0.29) is 16.6 Å². The van der Waals surface area contributed by atoms with Gasteiger partial charge in [0.15, 0.2) is 0 Å². The number of hydrogen-bond donors (Lipinski definition) is 1. The molecule has 1 saturated heterocycles. The number of rotatable bonds is 6. The van der Waals surface area contributed by atoms with Crippen LogP contribution in [0.5, 0.6) is 0 Å². The van der Waals surface area contributed by atoms with Crippen molar-refractivity contribution in [1.29, 1.82) is 0 Å². The Bertz CT molecular complexity index is 697. The van der Waals surface area contributed by atoms with Gasteiger partial charge < -0.3 is 5.32 Å². The minimum absolute atomic E-state index is 0.0459. The summed E-state index contributed by atoms with van der Waals surface area (Å²) >= 11 is 0. The Hall–Kier alpha value is -1.51. The Morgan fingerprint density at radius 1 is 1.39 bits per heavy atom. The SMILES string of the molecule is CCCN(C1CCNC1)S(=O)(=O)c1cc([N+](=O)[O-])cc(C)c1C. The molecule has 7 nitrogen and oxygen atoms in total. The van der Waals surface area contributed by atoms with E-state index in [2.05, 4.69) is 5.32 Å². The predicted molar refractivity (Wildman–Crippen MR) is 88.0 cm³/mol. The number of nitrogens with zero attached hydrogens (tertiary/aromatic N) is 2. The highest BCUT2D eigenvalue weighted by Crippen LogP contribution is 2.29. The number of non-ortho nitro benzene ring substituents is 1. The van der Waals surface area contributed by atoms with Crippen LogP contribution in [-0.2, 0) is 10.0 Å². The van der Waals surface area contributed by atoms with Crippen LogP contribution in [0, 0.1) is 24.0 Å². The highest BCUT2D eigenvalue weighted by molar-refractivity contribution is 7.89. The third-order valence-electron chi connectivity index (χ3n) is 4.29. The van der Waals surface area contributed by atoms with Crippen molar-refractivity contribution in [3.8, 4) is 0 Å². The fraction of sp³-hybridized carbons (Fsp3) is 0.600. The quantitative estimate of drug-likeness (QED) is 0.631. The zero-order chi connectivity index (χ0) is 17.2. The van der Waals surface area contributed by atoms with Crippen LogP contribution in [0.2, 0.25) is 0 Å². The molecule has 1 heterocycles. The summed E-state index contributed by atoms with van der Waals surface area (Å²) in [5.74, 6) is 0. The van der Waals surface area contributed by atoms with Crippen LogP contribution in [0.1, 0.15) is 30.9 Å². The number of nitrogens with one attached hydrogen (secondary N) is 1. The Morgan fingerprint density at radius 2 is 2.09 bits per heavy atom. The first-order valence-corrected chi connectivity index (χ1v) is 9.21. The summed E-state index contributed by atoms with van der Waals surface area (Å²) in [6.07, 6.45) is 1.45. The van der Waals surface area contributed by atoms with E-state index in [1.54, 1.807) is 13.8 Å². The van der Waals surface area contributed by atoms with Crippen molar-refractivity contribution < 1.29 is 13.3 Å². The molecule has 0 saturated carbocycles. The molecule has 23 heavy (non-hydrogen) atoms. The molecule has 0 aromatic heterocycles. The molecule has 0 radical (unpaired) electrons. The van der Waals surface area contributed by atoms with Gasteiger partial charge >= 0.3 is 0 Å². The van der Waals surface area contributed by atoms with Crippen LogP contribution in [0.15, 0.2) is 17.0 Å². The molecule has 0 bridgehead atoms. The monoisotopic (exact) mass is 341 g/mol. The molecule has 1 unspecified atom stereocenters. The standard InChI is InChI=1S/C15H23N3O4S/c1-4-7-17(13-5-6-16-10-13)23(21,22)15-9-14(18(19)20)8-11(2)12(15)3/h8-9,13,16H,4-7,10H2,1-3H3. The summed E-state index contributed by atoms with van der Waals surface area (Å²) < 4.78 is 27.8. The minimum atomic E-state index is -3.77. The summed E-state index contributed by atoms with van der Waals surface area (Å²) in [6.45, 7) is 7.14. The highest BCUT2D eigenvalue weighted by Gasteiger charge is 2.34. The van der Waals surface area contributed by atoms with E-state index < -0.39 is 14.9 Å². The van der Waals surface area contributed by atoms with E-state index in [9.17, 15) is 18.5 Å². The maximum absolute atomic E-state index is 13.1.